The first kappa shape index (κ1) is 13.8. The molecule has 0 saturated carbocycles. The Balaban J connectivity index is 0.00000169. The van der Waals surface area contributed by atoms with Crippen LogP contribution in [0, 0.1) is 29.1 Å². The molecule has 8 heteroatoms. The van der Waals surface area contributed by atoms with Crippen molar-refractivity contribution in [3.8, 4) is 0 Å². The number of hydrogen-bond acceptors (Lipinski definition) is 2. The average molecular weight is 223 g/mol. The van der Waals surface area contributed by atoms with Gasteiger partial charge < -0.3 is 4.55 Å². The Morgan fingerprint density at radius 2 is 1.00 bits per heavy atom. The van der Waals surface area contributed by atoms with Gasteiger partial charge in [0.05, 0.1) is 0 Å². The third-order valence-electron chi connectivity index (χ3n) is 1.26. The smallest absolute Gasteiger partial charge is 0.325 e. The van der Waals surface area contributed by atoms with Gasteiger partial charge in [0.25, 0.3) is 0 Å². The van der Waals surface area contributed by atoms with E-state index in [2.05, 4.69) is 0 Å². The Bertz CT molecular complexity index is 330. The fraction of sp³-hybridized carbons (Fsp3) is 0. The molecule has 1 aromatic rings. The quantitative estimate of drug-likeness (QED) is 0.237. The molecule has 72 valence electrons. The van der Waals surface area contributed by atoms with Crippen LogP contribution in [-0.4, -0.2) is 4.55 Å². The predicted octanol–water partition coefficient (Wildman–Crippen LogP) is -0.0488. The zero-order valence-electron chi connectivity index (χ0n) is 6.75. The van der Waals surface area contributed by atoms with Gasteiger partial charge in [0.2, 0.25) is 5.82 Å². The average Bonchev–Trinajstić information content (AvgIpc) is 2.13. The third kappa shape index (κ3) is 2.06. The number of benzene rings is 1. The second-order valence-electron chi connectivity index (χ2n) is 1.99. The van der Waals surface area contributed by atoms with Gasteiger partial charge in [-0.25, -0.2) is 22.0 Å². The second kappa shape index (κ2) is 5.03. The van der Waals surface area contributed by atoms with Crippen LogP contribution in [0.15, 0.2) is 4.90 Å². The van der Waals surface area contributed by atoms with Crippen LogP contribution in [-0.2, 0) is 0 Å². The molecule has 0 aromatic heterocycles. The summed E-state index contributed by atoms with van der Waals surface area (Å²) in [5, 5.41) is 0. The summed E-state index contributed by atoms with van der Waals surface area (Å²) in [6, 6.07) is 0. The van der Waals surface area contributed by atoms with Crippen LogP contribution in [0.25, 0.3) is 0 Å². The van der Waals surface area contributed by atoms with Crippen molar-refractivity contribution >= 4 is 12.0 Å². The monoisotopic (exact) mass is 223 g/mol. The standard InChI is InChI=1S/C6HF5OS.Li/c7-1-2(8)4(10)6(13-12)5(11)3(1)9;/h12H;/q;+1. The largest absolute Gasteiger partial charge is 1.00 e. The SMILES string of the molecule is OSc1c(F)c(F)c(F)c(F)c1F.[Li+]. The molecule has 0 spiro atoms. The fourth-order valence-corrected chi connectivity index (χ4v) is 1.00. The molecule has 14 heavy (non-hydrogen) atoms. The van der Waals surface area contributed by atoms with Crippen LogP contribution in [0.2, 0.25) is 0 Å². The summed E-state index contributed by atoms with van der Waals surface area (Å²) < 4.78 is 70.1. The first-order valence-corrected chi connectivity index (χ1v) is 3.61. The van der Waals surface area contributed by atoms with Crippen molar-refractivity contribution in [2.45, 2.75) is 4.90 Å². The number of rotatable bonds is 1. The Morgan fingerprint density at radius 3 is 1.29 bits per heavy atom. The molecule has 0 atom stereocenters. The maximum atomic E-state index is 12.5. The van der Waals surface area contributed by atoms with E-state index in [1.165, 1.54) is 0 Å². The van der Waals surface area contributed by atoms with E-state index < -0.39 is 46.0 Å². The Morgan fingerprint density at radius 1 is 0.714 bits per heavy atom. The maximum Gasteiger partial charge on any atom is 1.00 e. The Kier molecular flexibility index (Phi) is 4.95. The minimum atomic E-state index is -2.24. The molecule has 0 fully saturated rings. The van der Waals surface area contributed by atoms with E-state index in [9.17, 15) is 22.0 Å². The molecule has 0 radical (unpaired) electrons. The van der Waals surface area contributed by atoms with Crippen molar-refractivity contribution in [1.82, 2.24) is 0 Å². The van der Waals surface area contributed by atoms with E-state index >= 15 is 0 Å². The first-order valence-electron chi connectivity index (χ1n) is 2.83. The molecule has 1 rings (SSSR count). The minimum Gasteiger partial charge on any atom is -0.325 e. The predicted molar refractivity (Wildman–Crippen MR) is 34.7 cm³/mol. The van der Waals surface area contributed by atoms with Gasteiger partial charge in [-0.15, -0.1) is 0 Å². The van der Waals surface area contributed by atoms with Gasteiger partial charge in [-0.2, -0.15) is 0 Å². The summed E-state index contributed by atoms with van der Waals surface area (Å²) in [6.07, 6.45) is 0. The summed E-state index contributed by atoms with van der Waals surface area (Å²) in [4.78, 5) is -1.31. The van der Waals surface area contributed by atoms with Crippen LogP contribution >= 0.6 is 12.0 Å². The van der Waals surface area contributed by atoms with Gasteiger partial charge in [-0.05, 0) is 0 Å². The third-order valence-corrected chi connectivity index (χ3v) is 1.80. The molecule has 0 saturated heterocycles. The summed E-state index contributed by atoms with van der Waals surface area (Å²) in [5.74, 6) is -10.5. The summed E-state index contributed by atoms with van der Waals surface area (Å²) >= 11 is -0.538. The van der Waals surface area contributed by atoms with Crippen LogP contribution in [0.4, 0.5) is 22.0 Å². The van der Waals surface area contributed by atoms with Gasteiger partial charge in [-0.3, -0.25) is 0 Å². The second-order valence-corrected chi connectivity index (χ2v) is 2.58. The zero-order valence-corrected chi connectivity index (χ0v) is 7.56. The summed E-state index contributed by atoms with van der Waals surface area (Å²) in [6.45, 7) is 0. The maximum absolute atomic E-state index is 12.5. The first-order chi connectivity index (χ1) is 6.00. The van der Waals surface area contributed by atoms with E-state index in [1.54, 1.807) is 0 Å². The zero-order chi connectivity index (χ0) is 10.2. The van der Waals surface area contributed by atoms with Gasteiger partial charge in [0.1, 0.15) is 4.90 Å². The van der Waals surface area contributed by atoms with Crippen molar-refractivity contribution in [2.75, 3.05) is 0 Å². The molecule has 0 aliphatic carbocycles. The molecule has 0 aliphatic rings. The molecule has 0 unspecified atom stereocenters. The van der Waals surface area contributed by atoms with Crippen LogP contribution in [0.1, 0.15) is 0 Å². The van der Waals surface area contributed by atoms with Crippen LogP contribution < -0.4 is 18.9 Å². The van der Waals surface area contributed by atoms with Gasteiger partial charge >= 0.3 is 18.9 Å². The summed E-state index contributed by atoms with van der Waals surface area (Å²) in [7, 11) is 0. The Hall–Kier alpha value is -0.223. The molecule has 1 aromatic carbocycles. The van der Waals surface area contributed by atoms with E-state index in [4.69, 9.17) is 4.55 Å². The summed E-state index contributed by atoms with van der Waals surface area (Å²) in [5.41, 5.74) is 0. The van der Waals surface area contributed by atoms with E-state index in [0.717, 1.165) is 0 Å². The molecule has 1 nitrogen and oxygen atoms in total. The Labute approximate surface area is 91.7 Å². The van der Waals surface area contributed by atoms with Crippen molar-refractivity contribution in [1.29, 1.82) is 0 Å². The van der Waals surface area contributed by atoms with Crippen molar-refractivity contribution in [3.05, 3.63) is 29.1 Å². The van der Waals surface area contributed by atoms with Crippen molar-refractivity contribution in [3.63, 3.8) is 0 Å². The number of hydrogen-bond donors (Lipinski definition) is 1. The molecule has 1 N–H and O–H groups in total. The molecule has 0 aliphatic heterocycles. The topological polar surface area (TPSA) is 20.2 Å². The van der Waals surface area contributed by atoms with Gasteiger partial charge in [0.15, 0.2) is 23.3 Å². The number of halogens is 5. The van der Waals surface area contributed by atoms with E-state index in [-0.39, 0.29) is 18.9 Å². The molecule has 0 bridgehead atoms. The van der Waals surface area contributed by atoms with Crippen LogP contribution in [0.5, 0.6) is 0 Å². The van der Waals surface area contributed by atoms with Crippen LogP contribution in [0.3, 0.4) is 0 Å². The molecular formula is C6HF5LiOS+. The van der Waals surface area contributed by atoms with E-state index in [0.29, 0.717) is 0 Å². The van der Waals surface area contributed by atoms with Gasteiger partial charge in [-0.1, -0.05) is 0 Å². The minimum absolute atomic E-state index is 0. The van der Waals surface area contributed by atoms with E-state index in [1.807, 2.05) is 0 Å². The fourth-order valence-electron chi connectivity index (χ4n) is 0.665. The molecule has 0 amide bonds. The van der Waals surface area contributed by atoms with Gasteiger partial charge in [0, 0.05) is 12.0 Å². The molecular weight excluding hydrogens is 222 g/mol. The van der Waals surface area contributed by atoms with Crippen molar-refractivity contribution < 1.29 is 45.4 Å². The van der Waals surface area contributed by atoms with Crippen molar-refractivity contribution in [2.24, 2.45) is 0 Å². The normalized spacial score (nSPS) is 9.86. The molecule has 0 heterocycles.